The number of nitrogens with one attached hydrogen (secondary N) is 2. The highest BCUT2D eigenvalue weighted by atomic mass is 35.5. The van der Waals surface area contributed by atoms with Gasteiger partial charge in [0.05, 0.1) is 28.9 Å². The van der Waals surface area contributed by atoms with Crippen molar-refractivity contribution >= 4 is 34.8 Å². The molecule has 1 amide bonds. The Hall–Kier alpha value is -3.84. The van der Waals surface area contributed by atoms with Crippen molar-refractivity contribution in [3.05, 3.63) is 88.2 Å². The summed E-state index contributed by atoms with van der Waals surface area (Å²) in [6.45, 7) is 2.18. The number of aromatic nitrogens is 2. The van der Waals surface area contributed by atoms with Gasteiger partial charge in [-0.05, 0) is 48.4 Å². The molecule has 4 rings (SSSR count). The Kier molecular flexibility index (Phi) is 6.37. The molecule has 0 saturated heterocycles. The van der Waals surface area contributed by atoms with Gasteiger partial charge >= 0.3 is 0 Å². The number of hydrazone groups is 1. The van der Waals surface area contributed by atoms with Crippen LogP contribution in [0.15, 0.2) is 65.8 Å². The third kappa shape index (κ3) is 4.90. The van der Waals surface area contributed by atoms with E-state index in [2.05, 4.69) is 20.5 Å². The average molecular weight is 449 g/mol. The topological polar surface area (TPSA) is 99.6 Å². The van der Waals surface area contributed by atoms with Gasteiger partial charge in [0, 0.05) is 12.0 Å². The number of benzene rings is 3. The molecular weight excluding hydrogens is 428 g/mol. The van der Waals surface area contributed by atoms with Crippen LogP contribution in [-0.4, -0.2) is 33.8 Å². The SMILES string of the molecule is CCOc1cc(/C=N\NC(=O)c2ccc3nc(Cc4ccccc4)[nH]c3c2)cc(Cl)c1O. The Morgan fingerprint density at radius 2 is 2.03 bits per heavy atom. The third-order valence-electron chi connectivity index (χ3n) is 4.74. The van der Waals surface area contributed by atoms with Crippen LogP contribution in [0.4, 0.5) is 0 Å². The van der Waals surface area contributed by atoms with Crippen molar-refractivity contribution in [1.29, 1.82) is 0 Å². The number of carbonyl (C=O) groups is 1. The fourth-order valence-electron chi connectivity index (χ4n) is 3.24. The van der Waals surface area contributed by atoms with E-state index in [0.29, 0.717) is 24.2 Å². The van der Waals surface area contributed by atoms with Gasteiger partial charge < -0.3 is 14.8 Å². The molecule has 0 radical (unpaired) electrons. The number of H-pyrrole nitrogens is 1. The van der Waals surface area contributed by atoms with E-state index in [9.17, 15) is 9.90 Å². The number of phenols is 1. The summed E-state index contributed by atoms with van der Waals surface area (Å²) in [7, 11) is 0. The predicted octanol–water partition coefficient (Wildman–Crippen LogP) is 4.68. The Morgan fingerprint density at radius 3 is 2.81 bits per heavy atom. The van der Waals surface area contributed by atoms with E-state index in [1.54, 1.807) is 31.2 Å². The number of halogens is 1. The summed E-state index contributed by atoms with van der Waals surface area (Å²) < 4.78 is 5.34. The van der Waals surface area contributed by atoms with Crippen molar-refractivity contribution in [1.82, 2.24) is 15.4 Å². The lowest BCUT2D eigenvalue weighted by atomic mass is 10.1. The number of nitrogens with zero attached hydrogens (tertiary/aromatic N) is 2. The van der Waals surface area contributed by atoms with E-state index in [-0.39, 0.29) is 22.4 Å². The second-order valence-electron chi connectivity index (χ2n) is 7.06. The zero-order chi connectivity index (χ0) is 22.5. The lowest BCUT2D eigenvalue weighted by Gasteiger charge is -2.08. The maximum atomic E-state index is 12.5. The Bertz CT molecular complexity index is 1290. The highest BCUT2D eigenvalue weighted by molar-refractivity contribution is 6.32. The molecule has 0 bridgehead atoms. The summed E-state index contributed by atoms with van der Waals surface area (Å²) in [6.07, 6.45) is 2.11. The van der Waals surface area contributed by atoms with Crippen LogP contribution in [0.3, 0.4) is 0 Å². The number of phenolic OH excluding ortho intramolecular Hbond substituents is 1. The first kappa shape index (κ1) is 21.4. The fraction of sp³-hybridized carbons (Fsp3) is 0.125. The lowest BCUT2D eigenvalue weighted by Crippen LogP contribution is -2.17. The van der Waals surface area contributed by atoms with Gasteiger partial charge in [0.25, 0.3) is 5.91 Å². The number of aromatic amines is 1. The number of aromatic hydroxyl groups is 1. The van der Waals surface area contributed by atoms with Crippen LogP contribution in [0.2, 0.25) is 5.02 Å². The second kappa shape index (κ2) is 9.53. The van der Waals surface area contributed by atoms with E-state index < -0.39 is 0 Å². The summed E-state index contributed by atoms with van der Waals surface area (Å²) in [4.78, 5) is 20.4. The van der Waals surface area contributed by atoms with Gasteiger partial charge in [0.15, 0.2) is 11.5 Å². The Morgan fingerprint density at radius 1 is 1.22 bits per heavy atom. The van der Waals surface area contributed by atoms with E-state index in [4.69, 9.17) is 16.3 Å². The molecule has 32 heavy (non-hydrogen) atoms. The maximum Gasteiger partial charge on any atom is 0.271 e. The number of amides is 1. The molecule has 3 aromatic carbocycles. The van der Waals surface area contributed by atoms with Crippen molar-refractivity contribution in [2.24, 2.45) is 5.10 Å². The average Bonchev–Trinajstić information content (AvgIpc) is 3.19. The zero-order valence-electron chi connectivity index (χ0n) is 17.3. The molecule has 0 unspecified atom stereocenters. The number of hydrogen-bond donors (Lipinski definition) is 3. The van der Waals surface area contributed by atoms with Crippen LogP contribution in [0.5, 0.6) is 11.5 Å². The van der Waals surface area contributed by atoms with Crippen LogP contribution in [0, 0.1) is 0 Å². The summed E-state index contributed by atoms with van der Waals surface area (Å²) in [5.74, 6) is 0.589. The van der Waals surface area contributed by atoms with Gasteiger partial charge in [-0.15, -0.1) is 0 Å². The largest absolute Gasteiger partial charge is 0.503 e. The number of hydrogen-bond acceptors (Lipinski definition) is 5. The molecule has 3 N–H and O–H groups in total. The summed E-state index contributed by atoms with van der Waals surface area (Å²) in [5, 5.41) is 14.0. The minimum absolute atomic E-state index is 0.130. The lowest BCUT2D eigenvalue weighted by molar-refractivity contribution is 0.0955. The number of rotatable bonds is 7. The van der Waals surface area contributed by atoms with Gasteiger partial charge in [-0.1, -0.05) is 41.9 Å². The molecule has 0 atom stereocenters. The van der Waals surface area contributed by atoms with Crippen LogP contribution >= 0.6 is 11.6 Å². The highest BCUT2D eigenvalue weighted by Gasteiger charge is 2.10. The first-order chi connectivity index (χ1) is 15.5. The third-order valence-corrected chi connectivity index (χ3v) is 5.03. The minimum Gasteiger partial charge on any atom is -0.503 e. The fourth-order valence-corrected chi connectivity index (χ4v) is 3.46. The van der Waals surface area contributed by atoms with Gasteiger partial charge in [-0.3, -0.25) is 4.79 Å². The molecule has 1 heterocycles. The number of ether oxygens (including phenoxy) is 1. The quantitative estimate of drug-likeness (QED) is 0.282. The second-order valence-corrected chi connectivity index (χ2v) is 7.47. The number of imidazole rings is 1. The van der Waals surface area contributed by atoms with E-state index in [0.717, 1.165) is 22.4 Å². The molecule has 0 saturated carbocycles. The normalized spacial score (nSPS) is 11.2. The molecular formula is C24H21ClN4O3. The highest BCUT2D eigenvalue weighted by Crippen LogP contribution is 2.34. The summed E-state index contributed by atoms with van der Waals surface area (Å²) in [6, 6.07) is 18.4. The molecule has 4 aromatic rings. The summed E-state index contributed by atoms with van der Waals surface area (Å²) in [5.41, 5.74) is 6.24. The monoisotopic (exact) mass is 448 g/mol. The van der Waals surface area contributed by atoms with E-state index >= 15 is 0 Å². The Balaban J connectivity index is 1.46. The standard InChI is InChI=1S/C24H21ClN4O3/c1-2-32-21-11-16(10-18(25)23(21)30)14-26-29-24(31)17-8-9-19-20(13-17)28-22(27-19)12-15-6-4-3-5-7-15/h3-11,13-14,30H,2,12H2,1H3,(H,27,28)(H,29,31)/b26-14-. The molecule has 0 aliphatic rings. The van der Waals surface area contributed by atoms with Crippen LogP contribution in [0.1, 0.15) is 34.2 Å². The minimum atomic E-state index is -0.364. The van der Waals surface area contributed by atoms with Crippen molar-refractivity contribution in [2.45, 2.75) is 13.3 Å². The van der Waals surface area contributed by atoms with E-state index in [1.807, 2.05) is 30.3 Å². The van der Waals surface area contributed by atoms with Crippen LogP contribution < -0.4 is 10.2 Å². The molecule has 1 aromatic heterocycles. The van der Waals surface area contributed by atoms with Crippen molar-refractivity contribution < 1.29 is 14.6 Å². The van der Waals surface area contributed by atoms with Gasteiger partial charge in [-0.2, -0.15) is 5.10 Å². The first-order valence-corrected chi connectivity index (χ1v) is 10.4. The number of fused-ring (bicyclic) bond motifs is 1. The van der Waals surface area contributed by atoms with Crippen LogP contribution in [0.25, 0.3) is 11.0 Å². The van der Waals surface area contributed by atoms with Crippen LogP contribution in [-0.2, 0) is 6.42 Å². The van der Waals surface area contributed by atoms with Crippen molar-refractivity contribution in [3.63, 3.8) is 0 Å². The molecule has 0 aliphatic carbocycles. The Labute approximate surface area is 189 Å². The predicted molar refractivity (Wildman–Crippen MR) is 125 cm³/mol. The maximum absolute atomic E-state index is 12.5. The molecule has 7 nitrogen and oxygen atoms in total. The molecule has 162 valence electrons. The first-order valence-electron chi connectivity index (χ1n) is 10.0. The van der Waals surface area contributed by atoms with Crippen molar-refractivity contribution in [2.75, 3.05) is 6.61 Å². The molecule has 0 fully saturated rings. The van der Waals surface area contributed by atoms with E-state index in [1.165, 1.54) is 12.3 Å². The van der Waals surface area contributed by atoms with Gasteiger partial charge in [0.1, 0.15) is 5.82 Å². The smallest absolute Gasteiger partial charge is 0.271 e. The molecule has 0 spiro atoms. The van der Waals surface area contributed by atoms with Gasteiger partial charge in [0.2, 0.25) is 0 Å². The molecule has 8 heteroatoms. The van der Waals surface area contributed by atoms with Gasteiger partial charge in [-0.25, -0.2) is 10.4 Å². The van der Waals surface area contributed by atoms with Crippen molar-refractivity contribution in [3.8, 4) is 11.5 Å². The summed E-state index contributed by atoms with van der Waals surface area (Å²) >= 11 is 6.01. The number of carbonyl (C=O) groups excluding carboxylic acids is 1. The zero-order valence-corrected chi connectivity index (χ0v) is 18.1. The molecule has 0 aliphatic heterocycles.